The first-order chi connectivity index (χ1) is 9.48. The Morgan fingerprint density at radius 3 is 2.65 bits per heavy atom. The molecular weight excluding hydrogens is 274 g/mol. The van der Waals surface area contributed by atoms with E-state index in [1.807, 2.05) is 13.0 Å². The molecule has 0 spiro atoms. The maximum Gasteiger partial charge on any atom is 0.243 e. The molecule has 1 N–H and O–H groups in total. The van der Waals surface area contributed by atoms with Gasteiger partial charge in [0.05, 0.1) is 11.0 Å². The van der Waals surface area contributed by atoms with Crippen LogP contribution in [0, 0.1) is 12.8 Å². The highest BCUT2D eigenvalue weighted by Gasteiger charge is 2.44. The summed E-state index contributed by atoms with van der Waals surface area (Å²) in [5, 5.41) is 9.83. The zero-order valence-corrected chi connectivity index (χ0v) is 12.5. The van der Waals surface area contributed by atoms with Gasteiger partial charge in [0, 0.05) is 12.6 Å². The number of sulfonamides is 1. The highest BCUT2D eigenvalue weighted by atomic mass is 32.2. The average molecular weight is 295 g/mol. The van der Waals surface area contributed by atoms with Crippen LogP contribution in [0.4, 0.5) is 0 Å². The minimum absolute atomic E-state index is 0.0238. The van der Waals surface area contributed by atoms with Crippen LogP contribution in [-0.4, -0.2) is 36.5 Å². The molecule has 0 radical (unpaired) electrons. The Labute approximate surface area is 120 Å². The fraction of sp³-hybridized carbons (Fsp3) is 0.600. The molecule has 0 amide bonds. The first kappa shape index (κ1) is 14.0. The molecule has 1 aliphatic heterocycles. The number of hydrogen-bond acceptors (Lipinski definition) is 3. The SMILES string of the molecule is Cc1cccc(S(=O)(=O)N2CC[C@@H](O)C[C@@H]2C2CC2)c1. The van der Waals surface area contributed by atoms with Crippen molar-refractivity contribution < 1.29 is 13.5 Å². The molecule has 1 saturated heterocycles. The lowest BCUT2D eigenvalue weighted by Crippen LogP contribution is -2.48. The standard InChI is InChI=1S/C15H21NO3S/c1-11-3-2-4-14(9-11)20(18,19)16-8-7-13(17)10-15(16)12-5-6-12/h2-4,9,12-13,15,17H,5-8,10H2,1H3/t13-,15-/m1/s1. The van der Waals surface area contributed by atoms with Gasteiger partial charge in [0.2, 0.25) is 10.0 Å². The van der Waals surface area contributed by atoms with Crippen molar-refractivity contribution in [2.24, 2.45) is 5.92 Å². The molecule has 20 heavy (non-hydrogen) atoms. The Bertz CT molecular complexity index is 595. The molecule has 1 saturated carbocycles. The molecule has 1 aromatic rings. The minimum atomic E-state index is -3.44. The largest absolute Gasteiger partial charge is 0.393 e. The zero-order chi connectivity index (χ0) is 14.3. The maximum atomic E-state index is 12.8. The van der Waals surface area contributed by atoms with Crippen LogP contribution in [-0.2, 0) is 10.0 Å². The summed E-state index contributed by atoms with van der Waals surface area (Å²) < 4.78 is 27.3. The van der Waals surface area contributed by atoms with Crippen LogP contribution < -0.4 is 0 Å². The zero-order valence-electron chi connectivity index (χ0n) is 11.7. The molecule has 0 aromatic heterocycles. The van der Waals surface area contributed by atoms with Crippen LogP contribution in [0.5, 0.6) is 0 Å². The number of aliphatic hydroxyl groups is 1. The summed E-state index contributed by atoms with van der Waals surface area (Å²) in [7, 11) is -3.44. The van der Waals surface area contributed by atoms with E-state index in [-0.39, 0.29) is 12.1 Å². The van der Waals surface area contributed by atoms with Gasteiger partial charge in [-0.25, -0.2) is 8.42 Å². The Morgan fingerprint density at radius 1 is 1.25 bits per heavy atom. The third-order valence-corrected chi connectivity index (χ3v) is 6.25. The number of piperidine rings is 1. The van der Waals surface area contributed by atoms with Crippen molar-refractivity contribution in [2.45, 2.75) is 49.6 Å². The first-order valence-corrected chi connectivity index (χ1v) is 8.69. The molecule has 4 nitrogen and oxygen atoms in total. The van der Waals surface area contributed by atoms with E-state index in [0.717, 1.165) is 18.4 Å². The summed E-state index contributed by atoms with van der Waals surface area (Å²) in [5.41, 5.74) is 0.950. The second kappa shape index (κ2) is 5.13. The van der Waals surface area contributed by atoms with Gasteiger partial charge in [0.25, 0.3) is 0 Å². The summed E-state index contributed by atoms with van der Waals surface area (Å²) in [6.07, 6.45) is 2.92. The Morgan fingerprint density at radius 2 is 2.00 bits per heavy atom. The highest BCUT2D eigenvalue weighted by Crippen LogP contribution is 2.41. The van der Waals surface area contributed by atoms with Crippen molar-refractivity contribution in [1.82, 2.24) is 4.31 Å². The monoisotopic (exact) mass is 295 g/mol. The topological polar surface area (TPSA) is 57.6 Å². The minimum Gasteiger partial charge on any atom is -0.393 e. The van der Waals surface area contributed by atoms with Crippen molar-refractivity contribution in [1.29, 1.82) is 0 Å². The molecule has 5 heteroatoms. The molecule has 1 aliphatic carbocycles. The molecular formula is C15H21NO3S. The Balaban J connectivity index is 1.93. The predicted molar refractivity (Wildman–Crippen MR) is 76.8 cm³/mol. The fourth-order valence-electron chi connectivity index (χ4n) is 3.07. The van der Waals surface area contributed by atoms with E-state index in [4.69, 9.17) is 0 Å². The summed E-state index contributed by atoms with van der Waals surface area (Å²) in [6.45, 7) is 2.33. The molecule has 3 rings (SSSR count). The van der Waals surface area contributed by atoms with E-state index in [2.05, 4.69) is 0 Å². The molecule has 110 valence electrons. The third-order valence-electron chi connectivity index (χ3n) is 4.33. The van der Waals surface area contributed by atoms with E-state index in [1.54, 1.807) is 22.5 Å². The van der Waals surface area contributed by atoms with Crippen molar-refractivity contribution >= 4 is 10.0 Å². The summed E-state index contributed by atoms with van der Waals surface area (Å²) in [5.74, 6) is 0.435. The van der Waals surface area contributed by atoms with Gasteiger partial charge in [-0.3, -0.25) is 0 Å². The van der Waals surface area contributed by atoms with Crippen molar-refractivity contribution in [3.8, 4) is 0 Å². The number of aliphatic hydroxyl groups excluding tert-OH is 1. The van der Waals surface area contributed by atoms with Crippen molar-refractivity contribution in [2.75, 3.05) is 6.54 Å². The van der Waals surface area contributed by atoms with E-state index in [9.17, 15) is 13.5 Å². The lowest BCUT2D eigenvalue weighted by atomic mass is 9.98. The molecule has 1 aromatic carbocycles. The molecule has 2 fully saturated rings. The van der Waals surface area contributed by atoms with Crippen LogP contribution in [0.15, 0.2) is 29.2 Å². The Hall–Kier alpha value is -0.910. The second-order valence-electron chi connectivity index (χ2n) is 6.02. The van der Waals surface area contributed by atoms with E-state index < -0.39 is 10.0 Å². The molecule has 2 atom stereocenters. The third kappa shape index (κ3) is 2.62. The van der Waals surface area contributed by atoms with Crippen LogP contribution >= 0.6 is 0 Å². The average Bonchev–Trinajstić information content (AvgIpc) is 3.22. The predicted octanol–water partition coefficient (Wildman–Crippen LogP) is 1.92. The van der Waals surface area contributed by atoms with Gasteiger partial charge in [-0.1, -0.05) is 12.1 Å². The van der Waals surface area contributed by atoms with Gasteiger partial charge in [-0.15, -0.1) is 0 Å². The van der Waals surface area contributed by atoms with E-state index >= 15 is 0 Å². The summed E-state index contributed by atoms with van der Waals surface area (Å²) >= 11 is 0. The number of rotatable bonds is 3. The maximum absolute atomic E-state index is 12.8. The Kier molecular flexibility index (Phi) is 3.60. The number of nitrogens with zero attached hydrogens (tertiary/aromatic N) is 1. The number of hydrogen-bond donors (Lipinski definition) is 1. The van der Waals surface area contributed by atoms with Crippen LogP contribution in [0.1, 0.15) is 31.2 Å². The lowest BCUT2D eigenvalue weighted by Gasteiger charge is -2.37. The first-order valence-electron chi connectivity index (χ1n) is 7.25. The van der Waals surface area contributed by atoms with E-state index in [1.165, 1.54) is 0 Å². The summed E-state index contributed by atoms with van der Waals surface area (Å²) in [4.78, 5) is 0.375. The second-order valence-corrected chi connectivity index (χ2v) is 7.91. The van der Waals surface area contributed by atoms with Crippen molar-refractivity contribution in [3.63, 3.8) is 0 Å². The van der Waals surface area contributed by atoms with Crippen LogP contribution in [0.2, 0.25) is 0 Å². The molecule has 0 unspecified atom stereocenters. The van der Waals surface area contributed by atoms with Crippen LogP contribution in [0.3, 0.4) is 0 Å². The quantitative estimate of drug-likeness (QED) is 0.927. The normalized spacial score (nSPS) is 28.5. The number of benzene rings is 1. The van der Waals surface area contributed by atoms with Gasteiger partial charge in [0.1, 0.15) is 0 Å². The molecule has 2 aliphatic rings. The van der Waals surface area contributed by atoms with Crippen LogP contribution in [0.25, 0.3) is 0 Å². The van der Waals surface area contributed by atoms with Gasteiger partial charge < -0.3 is 5.11 Å². The lowest BCUT2D eigenvalue weighted by molar-refractivity contribution is 0.0736. The highest BCUT2D eigenvalue weighted by molar-refractivity contribution is 7.89. The smallest absolute Gasteiger partial charge is 0.243 e. The van der Waals surface area contributed by atoms with Gasteiger partial charge >= 0.3 is 0 Å². The van der Waals surface area contributed by atoms with Gasteiger partial charge in [-0.05, 0) is 56.2 Å². The fourth-order valence-corrected chi connectivity index (χ4v) is 4.89. The molecule has 0 bridgehead atoms. The van der Waals surface area contributed by atoms with Gasteiger partial charge in [-0.2, -0.15) is 4.31 Å². The van der Waals surface area contributed by atoms with E-state index in [0.29, 0.717) is 30.2 Å². The van der Waals surface area contributed by atoms with Crippen molar-refractivity contribution in [3.05, 3.63) is 29.8 Å². The number of aryl methyl sites for hydroxylation is 1. The molecule has 1 heterocycles. The summed E-state index contributed by atoms with van der Waals surface area (Å²) in [6, 6.07) is 7.05. The van der Waals surface area contributed by atoms with Gasteiger partial charge in [0.15, 0.2) is 0 Å².